The molecule has 1 heterocycles. The predicted molar refractivity (Wildman–Crippen MR) is 97.7 cm³/mol. The van der Waals surface area contributed by atoms with Gasteiger partial charge in [0.25, 0.3) is 0 Å². The zero-order valence-electron chi connectivity index (χ0n) is 12.8. The Morgan fingerprint density at radius 2 is 1.88 bits per heavy atom. The number of benzene rings is 2. The van der Waals surface area contributed by atoms with Crippen LogP contribution in [0.5, 0.6) is 0 Å². The number of anilines is 2. The number of aromatic nitrogens is 1. The molecule has 1 aromatic heterocycles. The lowest BCUT2D eigenvalue weighted by molar-refractivity contribution is -0.116. The Labute approximate surface area is 147 Å². The monoisotopic (exact) mass is 359 g/mol. The molecule has 24 heavy (non-hydrogen) atoms. The van der Waals surface area contributed by atoms with E-state index in [4.69, 9.17) is 11.6 Å². The van der Waals surface area contributed by atoms with Crippen molar-refractivity contribution < 1.29 is 9.59 Å². The number of carbonyl (C=O) groups excluding carboxylic acids is 2. The minimum atomic E-state index is -0.140. The van der Waals surface area contributed by atoms with E-state index in [1.165, 1.54) is 18.3 Å². The van der Waals surface area contributed by atoms with Gasteiger partial charge in [0, 0.05) is 17.6 Å². The number of thiazole rings is 1. The Bertz CT molecular complexity index is 906. The molecule has 5 nitrogen and oxygen atoms in total. The number of halogens is 1. The van der Waals surface area contributed by atoms with Crippen molar-refractivity contribution >= 4 is 55.8 Å². The zero-order valence-corrected chi connectivity index (χ0v) is 14.4. The van der Waals surface area contributed by atoms with E-state index in [0.717, 1.165) is 15.8 Å². The molecule has 2 N–H and O–H groups in total. The summed E-state index contributed by atoms with van der Waals surface area (Å²) in [5.74, 6) is -0.270. The number of hydrogen-bond donors (Lipinski definition) is 2. The summed E-state index contributed by atoms with van der Waals surface area (Å²) in [7, 11) is 0. The van der Waals surface area contributed by atoms with Crippen molar-refractivity contribution in [2.75, 3.05) is 10.6 Å². The van der Waals surface area contributed by atoms with E-state index in [2.05, 4.69) is 15.6 Å². The van der Waals surface area contributed by atoms with E-state index in [-0.39, 0.29) is 18.2 Å². The maximum atomic E-state index is 12.1. The molecule has 2 aromatic carbocycles. The van der Waals surface area contributed by atoms with Crippen LogP contribution in [0.25, 0.3) is 10.2 Å². The van der Waals surface area contributed by atoms with Crippen molar-refractivity contribution in [3.05, 3.63) is 53.1 Å². The van der Waals surface area contributed by atoms with E-state index in [1.54, 1.807) is 18.2 Å². The van der Waals surface area contributed by atoms with Crippen LogP contribution in [0.1, 0.15) is 12.5 Å². The van der Waals surface area contributed by atoms with E-state index in [1.807, 2.05) is 24.3 Å². The van der Waals surface area contributed by atoms with E-state index in [0.29, 0.717) is 15.8 Å². The predicted octanol–water partition coefficient (Wildman–Crippen LogP) is 4.09. The van der Waals surface area contributed by atoms with Gasteiger partial charge in [-0.25, -0.2) is 4.98 Å². The van der Waals surface area contributed by atoms with Crippen LogP contribution in [-0.4, -0.2) is 16.8 Å². The van der Waals surface area contributed by atoms with Gasteiger partial charge < -0.3 is 10.6 Å². The lowest BCUT2D eigenvalue weighted by Crippen LogP contribution is -2.14. The minimum absolute atomic E-state index is 0.129. The first-order chi connectivity index (χ1) is 11.5. The Morgan fingerprint density at radius 1 is 1.12 bits per heavy atom. The molecule has 3 rings (SSSR count). The van der Waals surface area contributed by atoms with Gasteiger partial charge in [0.15, 0.2) is 5.13 Å². The molecular formula is C17H14ClN3O2S. The zero-order chi connectivity index (χ0) is 17.1. The highest BCUT2D eigenvalue weighted by molar-refractivity contribution is 7.22. The summed E-state index contributed by atoms with van der Waals surface area (Å²) >= 11 is 7.20. The Kier molecular flexibility index (Phi) is 4.78. The second kappa shape index (κ2) is 6.98. The number of hydrogen-bond acceptors (Lipinski definition) is 4. The fraction of sp³-hybridized carbons (Fsp3) is 0.118. The third-order valence-electron chi connectivity index (χ3n) is 3.23. The topological polar surface area (TPSA) is 71.1 Å². The van der Waals surface area contributed by atoms with Crippen molar-refractivity contribution in [2.24, 2.45) is 0 Å². The van der Waals surface area contributed by atoms with Gasteiger partial charge in [0.05, 0.1) is 16.6 Å². The van der Waals surface area contributed by atoms with Gasteiger partial charge in [-0.1, -0.05) is 35.1 Å². The van der Waals surface area contributed by atoms with Crippen LogP contribution in [-0.2, 0) is 16.0 Å². The lowest BCUT2D eigenvalue weighted by Gasteiger charge is -2.01. The molecule has 0 unspecified atom stereocenters. The largest absolute Gasteiger partial charge is 0.326 e. The Morgan fingerprint density at radius 3 is 2.58 bits per heavy atom. The van der Waals surface area contributed by atoms with Gasteiger partial charge in [-0.05, 0) is 35.9 Å². The molecule has 0 bridgehead atoms. The van der Waals surface area contributed by atoms with E-state index >= 15 is 0 Å². The molecule has 122 valence electrons. The summed E-state index contributed by atoms with van der Waals surface area (Å²) in [6.45, 7) is 1.46. The molecule has 0 spiro atoms. The summed E-state index contributed by atoms with van der Waals surface area (Å²) in [6.07, 6.45) is 0.254. The van der Waals surface area contributed by atoms with Gasteiger partial charge in [-0.3, -0.25) is 9.59 Å². The molecule has 7 heteroatoms. The molecule has 0 aliphatic heterocycles. The van der Waals surface area contributed by atoms with Gasteiger partial charge in [-0.15, -0.1) is 0 Å². The quantitative estimate of drug-likeness (QED) is 0.737. The van der Waals surface area contributed by atoms with Gasteiger partial charge in [0.2, 0.25) is 11.8 Å². The van der Waals surface area contributed by atoms with Crippen LogP contribution in [0.4, 0.5) is 10.8 Å². The second-order valence-electron chi connectivity index (χ2n) is 5.23. The van der Waals surface area contributed by atoms with Crippen LogP contribution in [0.3, 0.4) is 0 Å². The average Bonchev–Trinajstić information content (AvgIpc) is 2.90. The van der Waals surface area contributed by atoms with Crippen molar-refractivity contribution in [3.8, 4) is 0 Å². The summed E-state index contributed by atoms with van der Waals surface area (Å²) in [5, 5.41) is 6.70. The molecule has 0 atom stereocenters. The summed E-state index contributed by atoms with van der Waals surface area (Å²) < 4.78 is 0.892. The molecule has 3 aromatic rings. The van der Waals surface area contributed by atoms with Crippen LogP contribution in [0.2, 0.25) is 5.02 Å². The highest BCUT2D eigenvalue weighted by atomic mass is 35.5. The number of amides is 2. The van der Waals surface area contributed by atoms with Crippen LogP contribution < -0.4 is 10.6 Å². The van der Waals surface area contributed by atoms with E-state index < -0.39 is 0 Å². The summed E-state index contributed by atoms with van der Waals surface area (Å²) in [4.78, 5) is 27.6. The molecule has 0 aliphatic rings. The number of carbonyl (C=O) groups is 2. The standard InChI is InChI=1S/C17H14ClN3O2S/c1-10(22)19-13-6-7-14-15(9-13)24-17(20-14)21-16(23)8-11-2-4-12(18)5-3-11/h2-7,9H,8H2,1H3,(H,19,22)(H,20,21,23). The molecule has 0 fully saturated rings. The third kappa shape index (κ3) is 4.10. The second-order valence-corrected chi connectivity index (χ2v) is 6.70. The minimum Gasteiger partial charge on any atom is -0.326 e. The van der Waals surface area contributed by atoms with Crippen LogP contribution >= 0.6 is 22.9 Å². The van der Waals surface area contributed by atoms with Crippen molar-refractivity contribution in [1.29, 1.82) is 0 Å². The Balaban J connectivity index is 1.71. The maximum Gasteiger partial charge on any atom is 0.230 e. The number of fused-ring (bicyclic) bond motifs is 1. The van der Waals surface area contributed by atoms with Gasteiger partial charge >= 0.3 is 0 Å². The molecule has 2 amide bonds. The molecular weight excluding hydrogens is 346 g/mol. The summed E-state index contributed by atoms with van der Waals surface area (Å²) in [5.41, 5.74) is 2.36. The van der Waals surface area contributed by atoms with Crippen molar-refractivity contribution in [3.63, 3.8) is 0 Å². The highest BCUT2D eigenvalue weighted by Crippen LogP contribution is 2.28. The van der Waals surface area contributed by atoms with Crippen LogP contribution in [0.15, 0.2) is 42.5 Å². The highest BCUT2D eigenvalue weighted by Gasteiger charge is 2.09. The SMILES string of the molecule is CC(=O)Nc1ccc2nc(NC(=O)Cc3ccc(Cl)cc3)sc2c1. The molecule has 0 saturated heterocycles. The molecule has 0 saturated carbocycles. The fourth-order valence-electron chi connectivity index (χ4n) is 2.21. The maximum absolute atomic E-state index is 12.1. The molecule has 0 radical (unpaired) electrons. The first-order valence-electron chi connectivity index (χ1n) is 7.22. The lowest BCUT2D eigenvalue weighted by atomic mass is 10.1. The normalized spacial score (nSPS) is 10.6. The number of nitrogens with one attached hydrogen (secondary N) is 2. The van der Waals surface area contributed by atoms with Crippen molar-refractivity contribution in [2.45, 2.75) is 13.3 Å². The smallest absolute Gasteiger partial charge is 0.230 e. The fourth-order valence-corrected chi connectivity index (χ4v) is 3.26. The first-order valence-corrected chi connectivity index (χ1v) is 8.41. The van der Waals surface area contributed by atoms with Crippen molar-refractivity contribution in [1.82, 2.24) is 4.98 Å². The summed E-state index contributed by atoms with van der Waals surface area (Å²) in [6, 6.07) is 12.6. The van der Waals surface area contributed by atoms with E-state index in [9.17, 15) is 9.59 Å². The van der Waals surface area contributed by atoms with Gasteiger partial charge in [-0.2, -0.15) is 0 Å². The number of nitrogens with zero attached hydrogens (tertiary/aromatic N) is 1. The molecule has 0 aliphatic carbocycles. The van der Waals surface area contributed by atoms with Crippen LogP contribution in [0, 0.1) is 0 Å². The first kappa shape index (κ1) is 16.4. The Hall–Kier alpha value is -2.44. The average molecular weight is 360 g/mol. The van der Waals surface area contributed by atoms with Gasteiger partial charge in [0.1, 0.15) is 0 Å². The number of rotatable bonds is 4. The third-order valence-corrected chi connectivity index (χ3v) is 4.42.